The van der Waals surface area contributed by atoms with E-state index in [1.807, 2.05) is 24.5 Å². The van der Waals surface area contributed by atoms with Crippen molar-refractivity contribution in [1.29, 1.82) is 0 Å². The van der Waals surface area contributed by atoms with Gasteiger partial charge in [-0.2, -0.15) is 4.98 Å². The molecule has 5 rings (SSSR count). The number of aliphatic hydroxyl groups is 3. The lowest BCUT2D eigenvalue weighted by Gasteiger charge is -2.14. The Morgan fingerprint density at radius 3 is 2.62 bits per heavy atom. The van der Waals surface area contributed by atoms with Gasteiger partial charge in [-0.1, -0.05) is 36.2 Å². The lowest BCUT2D eigenvalue weighted by Crippen LogP contribution is -2.23. The highest BCUT2D eigenvalue weighted by Crippen LogP contribution is 2.33. The van der Waals surface area contributed by atoms with Gasteiger partial charge < -0.3 is 24.4 Å². The molecule has 1 fully saturated rings. The topological polar surface area (TPSA) is 117 Å². The molecule has 3 N–H and O–H groups in total. The van der Waals surface area contributed by atoms with Gasteiger partial charge in [-0.05, 0) is 37.1 Å². The Balaban J connectivity index is 1.47. The van der Waals surface area contributed by atoms with Crippen molar-refractivity contribution in [2.75, 3.05) is 0 Å². The van der Waals surface area contributed by atoms with E-state index in [9.17, 15) is 15.3 Å². The molecule has 0 bridgehead atoms. The predicted octanol–water partition coefficient (Wildman–Crippen LogP) is 2.96. The molecule has 0 spiro atoms. The molecule has 29 heavy (non-hydrogen) atoms. The maximum atomic E-state index is 9.36. The molecule has 1 aliphatic rings. The van der Waals surface area contributed by atoms with Gasteiger partial charge in [-0.25, -0.2) is 4.98 Å². The SMILES string of the molecule is OC(O)(O)c1cccc(-c2noc(-c3ccc4c(c3)ncn4C3CCCC3)n2)c1. The van der Waals surface area contributed by atoms with Crippen LogP contribution >= 0.6 is 0 Å². The molecule has 2 aromatic carbocycles. The number of rotatable bonds is 4. The summed E-state index contributed by atoms with van der Waals surface area (Å²) in [5, 5.41) is 32.1. The Hall–Kier alpha value is -3.07. The first-order valence-corrected chi connectivity index (χ1v) is 9.58. The van der Waals surface area contributed by atoms with Gasteiger partial charge in [0, 0.05) is 22.7 Å². The first-order chi connectivity index (χ1) is 14.0. The molecule has 0 saturated heterocycles. The molecule has 0 aliphatic heterocycles. The predicted molar refractivity (Wildman–Crippen MR) is 104 cm³/mol. The van der Waals surface area contributed by atoms with Crippen LogP contribution in [-0.4, -0.2) is 35.0 Å². The molecule has 2 heterocycles. The standard InChI is InChI=1S/C21H20N4O4/c26-21(27,28)15-5-3-4-13(10-15)19-23-20(29-24-19)14-8-9-18-17(11-14)22-12-25(18)16-6-1-2-7-16/h3-5,8-12,16,26-28H,1-2,6-7H2. The van der Waals surface area contributed by atoms with Gasteiger partial charge >= 0.3 is 5.97 Å². The van der Waals surface area contributed by atoms with Gasteiger partial charge in [0.1, 0.15) is 0 Å². The molecular formula is C21H20N4O4. The fraction of sp³-hybridized carbons (Fsp3) is 0.286. The van der Waals surface area contributed by atoms with E-state index < -0.39 is 5.97 Å². The van der Waals surface area contributed by atoms with Crippen molar-refractivity contribution in [2.45, 2.75) is 37.7 Å². The summed E-state index contributed by atoms with van der Waals surface area (Å²) in [6, 6.07) is 12.4. The second-order valence-electron chi connectivity index (χ2n) is 7.43. The van der Waals surface area contributed by atoms with E-state index in [-0.39, 0.29) is 11.4 Å². The van der Waals surface area contributed by atoms with Crippen molar-refractivity contribution in [3.8, 4) is 22.8 Å². The van der Waals surface area contributed by atoms with Gasteiger partial charge in [-0.3, -0.25) is 0 Å². The van der Waals surface area contributed by atoms with Crippen LogP contribution in [0.3, 0.4) is 0 Å². The van der Waals surface area contributed by atoms with Crippen LogP contribution in [0, 0.1) is 0 Å². The number of hydrogen-bond acceptors (Lipinski definition) is 7. The minimum Gasteiger partial charge on any atom is -0.340 e. The molecule has 4 aromatic rings. The third-order valence-corrected chi connectivity index (χ3v) is 5.47. The maximum Gasteiger partial charge on any atom is 0.304 e. The Bertz CT molecular complexity index is 1170. The largest absolute Gasteiger partial charge is 0.340 e. The zero-order valence-corrected chi connectivity index (χ0v) is 15.6. The number of fused-ring (bicyclic) bond motifs is 1. The van der Waals surface area contributed by atoms with Crippen molar-refractivity contribution in [3.05, 3.63) is 54.4 Å². The Kier molecular flexibility index (Phi) is 4.20. The second-order valence-corrected chi connectivity index (χ2v) is 7.43. The Morgan fingerprint density at radius 2 is 1.83 bits per heavy atom. The van der Waals surface area contributed by atoms with E-state index in [1.165, 1.54) is 37.8 Å². The number of nitrogens with zero attached hydrogens (tertiary/aromatic N) is 4. The van der Waals surface area contributed by atoms with Crippen LogP contribution in [0.25, 0.3) is 33.9 Å². The van der Waals surface area contributed by atoms with Crippen LogP contribution < -0.4 is 0 Å². The third kappa shape index (κ3) is 3.31. The lowest BCUT2D eigenvalue weighted by molar-refractivity contribution is -0.323. The van der Waals surface area contributed by atoms with Crippen molar-refractivity contribution >= 4 is 11.0 Å². The molecule has 148 valence electrons. The van der Waals surface area contributed by atoms with Crippen LogP contribution in [-0.2, 0) is 5.97 Å². The van der Waals surface area contributed by atoms with Crippen LogP contribution in [0.2, 0.25) is 0 Å². The zero-order valence-electron chi connectivity index (χ0n) is 15.6. The molecule has 8 heteroatoms. The Labute approximate surface area is 166 Å². The van der Waals surface area contributed by atoms with Crippen molar-refractivity contribution in [2.24, 2.45) is 0 Å². The van der Waals surface area contributed by atoms with Crippen LogP contribution in [0.4, 0.5) is 0 Å². The molecule has 0 radical (unpaired) electrons. The molecule has 0 amide bonds. The molecule has 1 aliphatic carbocycles. The summed E-state index contributed by atoms with van der Waals surface area (Å²) in [5.74, 6) is -2.31. The van der Waals surface area contributed by atoms with Crippen molar-refractivity contribution in [3.63, 3.8) is 0 Å². The summed E-state index contributed by atoms with van der Waals surface area (Å²) in [6.07, 6.45) is 6.81. The highest BCUT2D eigenvalue weighted by atomic mass is 16.7. The molecule has 8 nitrogen and oxygen atoms in total. The maximum absolute atomic E-state index is 9.36. The third-order valence-electron chi connectivity index (χ3n) is 5.47. The van der Waals surface area contributed by atoms with E-state index in [0.717, 1.165) is 16.6 Å². The number of aromatic nitrogens is 4. The minimum absolute atomic E-state index is 0.0831. The Morgan fingerprint density at radius 1 is 1.00 bits per heavy atom. The first-order valence-electron chi connectivity index (χ1n) is 9.58. The van der Waals surface area contributed by atoms with Crippen molar-refractivity contribution in [1.82, 2.24) is 19.7 Å². The van der Waals surface area contributed by atoms with Crippen LogP contribution in [0.5, 0.6) is 0 Å². The fourth-order valence-electron chi connectivity index (χ4n) is 3.96. The van der Waals surface area contributed by atoms with Gasteiger partial charge in [0.15, 0.2) is 0 Å². The highest BCUT2D eigenvalue weighted by molar-refractivity contribution is 5.80. The summed E-state index contributed by atoms with van der Waals surface area (Å²) in [4.78, 5) is 8.95. The summed E-state index contributed by atoms with van der Waals surface area (Å²) in [7, 11) is 0. The van der Waals surface area contributed by atoms with E-state index in [2.05, 4.69) is 19.7 Å². The van der Waals surface area contributed by atoms with Gasteiger partial charge in [-0.15, -0.1) is 0 Å². The smallest absolute Gasteiger partial charge is 0.304 e. The van der Waals surface area contributed by atoms with E-state index in [0.29, 0.717) is 17.5 Å². The minimum atomic E-state index is -2.92. The first kappa shape index (κ1) is 18.0. The molecule has 0 unspecified atom stereocenters. The second kappa shape index (κ2) is 6.77. The van der Waals surface area contributed by atoms with E-state index in [4.69, 9.17) is 4.52 Å². The van der Waals surface area contributed by atoms with Crippen LogP contribution in [0.15, 0.2) is 53.3 Å². The van der Waals surface area contributed by atoms with Gasteiger partial charge in [0.2, 0.25) is 5.82 Å². The highest BCUT2D eigenvalue weighted by Gasteiger charge is 2.23. The van der Waals surface area contributed by atoms with Gasteiger partial charge in [0.05, 0.1) is 17.4 Å². The summed E-state index contributed by atoms with van der Waals surface area (Å²) < 4.78 is 7.65. The van der Waals surface area contributed by atoms with E-state index >= 15 is 0 Å². The quantitative estimate of drug-likeness (QED) is 0.457. The monoisotopic (exact) mass is 392 g/mol. The van der Waals surface area contributed by atoms with Gasteiger partial charge in [0.25, 0.3) is 5.89 Å². The fourth-order valence-corrected chi connectivity index (χ4v) is 3.96. The molecular weight excluding hydrogens is 372 g/mol. The molecule has 0 atom stereocenters. The normalized spacial score (nSPS) is 15.4. The average Bonchev–Trinajstić information content (AvgIpc) is 3.46. The van der Waals surface area contributed by atoms with Crippen molar-refractivity contribution < 1.29 is 19.8 Å². The number of benzene rings is 2. The zero-order chi connectivity index (χ0) is 20.0. The summed E-state index contributed by atoms with van der Waals surface area (Å²) in [5.41, 5.74) is 3.13. The lowest BCUT2D eigenvalue weighted by atomic mass is 10.1. The van der Waals surface area contributed by atoms with Crippen LogP contribution in [0.1, 0.15) is 37.3 Å². The number of imidazole rings is 1. The summed E-state index contributed by atoms with van der Waals surface area (Å²) in [6.45, 7) is 0. The number of hydrogen-bond donors (Lipinski definition) is 3. The summed E-state index contributed by atoms with van der Waals surface area (Å²) >= 11 is 0. The molecule has 1 saturated carbocycles. The van der Waals surface area contributed by atoms with E-state index in [1.54, 1.807) is 12.1 Å². The average molecular weight is 392 g/mol. The molecule has 2 aromatic heterocycles.